The SMILES string of the molecule is CCCCOCC(C)OCC(C)OCC(C)OCC(C)OCC(C)OCC(C)OCC(C)OCC(C)OCC(C)OCC(C)OCC(C)OCC(C)OCC(C)OCC(C)OCC(C)OCC(C)O. The first-order valence-corrected chi connectivity index (χ1v) is 26.2. The van der Waals surface area contributed by atoms with E-state index in [1.54, 1.807) is 6.92 Å². The lowest BCUT2D eigenvalue weighted by Crippen LogP contribution is -2.31. The molecule has 0 rings (SSSR count). The molecule has 0 aromatic heterocycles. The van der Waals surface area contributed by atoms with Crippen LogP contribution in [-0.4, -0.2) is 215 Å². The number of hydrogen-bond donors (Lipinski definition) is 1. The van der Waals surface area contributed by atoms with Gasteiger partial charge in [0.25, 0.3) is 0 Å². The highest BCUT2D eigenvalue weighted by Crippen LogP contribution is 2.09. The largest absolute Gasteiger partial charge is 0.391 e. The van der Waals surface area contributed by atoms with Crippen molar-refractivity contribution in [3.63, 3.8) is 0 Å². The van der Waals surface area contributed by atoms with Crippen LogP contribution in [0.5, 0.6) is 0 Å². The zero-order chi connectivity index (χ0) is 52.0. The molecule has 1 N–H and O–H groups in total. The van der Waals surface area contributed by atoms with Crippen molar-refractivity contribution in [1.29, 1.82) is 0 Å². The van der Waals surface area contributed by atoms with Crippen LogP contribution in [0.2, 0.25) is 0 Å². The van der Waals surface area contributed by atoms with Gasteiger partial charge in [0.15, 0.2) is 0 Å². The second-order valence-electron chi connectivity index (χ2n) is 19.4. The fourth-order valence-electron chi connectivity index (χ4n) is 5.72. The lowest BCUT2D eigenvalue weighted by atomic mass is 10.3. The van der Waals surface area contributed by atoms with Crippen molar-refractivity contribution < 1.29 is 80.9 Å². The van der Waals surface area contributed by atoms with Crippen molar-refractivity contribution in [2.45, 2.75) is 228 Å². The summed E-state index contributed by atoms with van der Waals surface area (Å²) in [6.07, 6.45) is 0.496. The Kier molecular flexibility index (Phi) is 43.3. The highest BCUT2D eigenvalue weighted by molar-refractivity contribution is 4.63. The van der Waals surface area contributed by atoms with E-state index >= 15 is 0 Å². The molecule has 0 bridgehead atoms. The van der Waals surface area contributed by atoms with E-state index in [0.29, 0.717) is 106 Å². The van der Waals surface area contributed by atoms with Crippen LogP contribution >= 0.6 is 0 Å². The average Bonchev–Trinajstić information content (AvgIpc) is 3.32. The van der Waals surface area contributed by atoms with Crippen molar-refractivity contribution in [3.8, 4) is 0 Å². The molecule has 0 aromatic rings. The fraction of sp³-hybridized carbons (Fsp3) is 1.00. The summed E-state index contributed by atoms with van der Waals surface area (Å²) in [5.41, 5.74) is 0. The zero-order valence-electron chi connectivity index (χ0n) is 46.7. The predicted molar refractivity (Wildman–Crippen MR) is 269 cm³/mol. The lowest BCUT2D eigenvalue weighted by Gasteiger charge is -2.23. The minimum Gasteiger partial charge on any atom is -0.391 e. The Bertz CT molecular complexity index is 1110. The Morgan fingerprint density at radius 2 is 0.377 bits per heavy atom. The van der Waals surface area contributed by atoms with E-state index in [2.05, 4.69) is 6.92 Å². The van der Waals surface area contributed by atoms with Crippen LogP contribution < -0.4 is 0 Å². The van der Waals surface area contributed by atoms with Gasteiger partial charge in [-0.2, -0.15) is 0 Å². The van der Waals surface area contributed by atoms with Gasteiger partial charge in [0, 0.05) is 6.61 Å². The Labute approximate surface area is 420 Å². The number of unbranched alkanes of at least 4 members (excludes halogenated alkanes) is 1. The van der Waals surface area contributed by atoms with Crippen molar-refractivity contribution in [2.24, 2.45) is 0 Å². The van der Waals surface area contributed by atoms with E-state index in [1.165, 1.54) is 0 Å². The maximum absolute atomic E-state index is 9.35. The number of aliphatic hydroxyl groups excluding tert-OH is 1. The Hall–Kier alpha value is -0.680. The number of aliphatic hydroxyl groups is 1. The number of hydrogen-bond acceptors (Lipinski definition) is 17. The van der Waals surface area contributed by atoms with Gasteiger partial charge in [0.05, 0.1) is 203 Å². The summed E-state index contributed by atoms with van der Waals surface area (Å²) in [5, 5.41) is 9.35. The van der Waals surface area contributed by atoms with Crippen LogP contribution in [0.4, 0.5) is 0 Å². The molecule has 16 atom stereocenters. The molecule has 17 nitrogen and oxygen atoms in total. The molecule has 0 fully saturated rings. The predicted octanol–water partition coefficient (Wildman–Crippen LogP) is 7.26. The second-order valence-corrected chi connectivity index (χ2v) is 19.4. The molecule has 0 saturated carbocycles. The molecule has 0 aliphatic heterocycles. The van der Waals surface area contributed by atoms with Gasteiger partial charge in [0.1, 0.15) is 0 Å². The summed E-state index contributed by atoms with van der Waals surface area (Å²) in [6.45, 7) is 41.6. The molecule has 0 aromatic carbocycles. The standard InChI is InChI=1S/C52H106O17/c1-18-19-20-54-22-38(3)56-24-40(5)58-26-42(7)60-28-44(9)62-30-46(11)64-32-48(13)66-34-50(15)68-36-52(17)69-35-51(16)67-33-49(14)65-31-47(12)63-29-45(10)61-27-43(8)59-25-41(6)57-23-39(4)55-21-37(2)53/h37-53H,18-36H2,1-17H3. The van der Waals surface area contributed by atoms with Crippen LogP contribution in [0, 0.1) is 0 Å². The van der Waals surface area contributed by atoms with Crippen LogP contribution in [-0.2, 0) is 75.8 Å². The minimum absolute atomic E-state index is 0.0316. The normalized spacial score (nSPS) is 19.4. The number of rotatable bonds is 50. The molecule has 0 radical (unpaired) electrons. The van der Waals surface area contributed by atoms with Gasteiger partial charge < -0.3 is 80.9 Å². The van der Waals surface area contributed by atoms with Gasteiger partial charge in [-0.05, 0) is 117 Å². The monoisotopic (exact) mass is 1000 g/mol. The van der Waals surface area contributed by atoms with Crippen LogP contribution in [0.1, 0.15) is 131 Å². The molecular weight excluding hydrogens is 897 g/mol. The molecule has 0 aliphatic carbocycles. The Morgan fingerprint density at radius 3 is 0.522 bits per heavy atom. The average molecular weight is 1000 g/mol. The molecule has 0 spiro atoms. The third-order valence-electron chi connectivity index (χ3n) is 10.2. The molecule has 0 amide bonds. The molecule has 416 valence electrons. The van der Waals surface area contributed by atoms with Gasteiger partial charge >= 0.3 is 0 Å². The van der Waals surface area contributed by atoms with Crippen LogP contribution in [0.15, 0.2) is 0 Å². The lowest BCUT2D eigenvalue weighted by molar-refractivity contribution is -0.116. The van der Waals surface area contributed by atoms with Crippen molar-refractivity contribution in [2.75, 3.05) is 112 Å². The molecule has 16 unspecified atom stereocenters. The topological polar surface area (TPSA) is 168 Å². The first-order valence-electron chi connectivity index (χ1n) is 26.2. The van der Waals surface area contributed by atoms with Gasteiger partial charge in [0.2, 0.25) is 0 Å². The smallest absolute Gasteiger partial charge is 0.0781 e. The van der Waals surface area contributed by atoms with E-state index in [0.717, 1.165) is 19.4 Å². The number of ether oxygens (including phenoxy) is 16. The molecule has 69 heavy (non-hydrogen) atoms. The molecule has 0 saturated heterocycles. The summed E-state index contributed by atoms with van der Waals surface area (Å²) in [7, 11) is 0. The second kappa shape index (κ2) is 43.7. The minimum atomic E-state index is -0.493. The molecule has 0 heterocycles. The van der Waals surface area contributed by atoms with Crippen molar-refractivity contribution in [1.82, 2.24) is 0 Å². The summed E-state index contributed by atoms with van der Waals surface area (Å²) < 4.78 is 94.3. The van der Waals surface area contributed by atoms with Crippen molar-refractivity contribution in [3.05, 3.63) is 0 Å². The fourth-order valence-corrected chi connectivity index (χ4v) is 5.72. The summed E-state index contributed by atoms with van der Waals surface area (Å²) >= 11 is 0. The summed E-state index contributed by atoms with van der Waals surface area (Å²) in [4.78, 5) is 0. The van der Waals surface area contributed by atoms with Gasteiger partial charge in [-0.3, -0.25) is 0 Å². The highest BCUT2D eigenvalue weighted by atomic mass is 16.6. The van der Waals surface area contributed by atoms with Crippen LogP contribution in [0.3, 0.4) is 0 Å². The van der Waals surface area contributed by atoms with Gasteiger partial charge in [-0.1, -0.05) is 13.3 Å². The van der Waals surface area contributed by atoms with Crippen molar-refractivity contribution >= 4 is 0 Å². The Morgan fingerprint density at radius 1 is 0.232 bits per heavy atom. The van der Waals surface area contributed by atoms with E-state index in [1.807, 2.05) is 104 Å². The molecule has 0 aliphatic rings. The van der Waals surface area contributed by atoms with E-state index in [9.17, 15) is 5.11 Å². The quantitative estimate of drug-likeness (QED) is 0.0604. The molecule has 17 heteroatoms. The first kappa shape index (κ1) is 68.3. The Balaban J connectivity index is 3.99. The third kappa shape index (κ3) is 44.5. The highest BCUT2D eigenvalue weighted by Gasteiger charge is 2.18. The summed E-state index contributed by atoms with van der Waals surface area (Å²) in [5.74, 6) is 0. The van der Waals surface area contributed by atoms with Gasteiger partial charge in [-0.25, -0.2) is 0 Å². The van der Waals surface area contributed by atoms with Gasteiger partial charge in [-0.15, -0.1) is 0 Å². The third-order valence-corrected chi connectivity index (χ3v) is 10.2. The maximum atomic E-state index is 9.35. The van der Waals surface area contributed by atoms with Crippen LogP contribution in [0.25, 0.3) is 0 Å². The van der Waals surface area contributed by atoms with E-state index in [4.69, 9.17) is 75.8 Å². The maximum Gasteiger partial charge on any atom is 0.0781 e. The van der Waals surface area contributed by atoms with E-state index in [-0.39, 0.29) is 91.6 Å². The first-order chi connectivity index (χ1) is 32.7. The van der Waals surface area contributed by atoms with E-state index < -0.39 is 6.10 Å². The molecular formula is C52H106O17. The zero-order valence-corrected chi connectivity index (χ0v) is 46.7. The summed E-state index contributed by atoms with van der Waals surface area (Å²) in [6, 6.07) is 0.